The van der Waals surface area contributed by atoms with E-state index in [0.29, 0.717) is 5.56 Å². The topological polar surface area (TPSA) is 43.1 Å². The maximum absolute atomic E-state index is 11.8. The van der Waals surface area contributed by atoms with Gasteiger partial charge in [-0.3, -0.25) is 4.79 Å². The molecule has 3 aromatic carbocycles. The Morgan fingerprint density at radius 2 is 1.14 bits per heavy atom. The first kappa shape index (κ1) is 14.5. The molecule has 0 spiro atoms. The van der Waals surface area contributed by atoms with Gasteiger partial charge >= 0.3 is 0 Å². The van der Waals surface area contributed by atoms with Crippen LogP contribution in [0.3, 0.4) is 0 Å². The Morgan fingerprint density at radius 3 is 1.64 bits per heavy atom. The molecule has 1 amide bonds. The van der Waals surface area contributed by atoms with Crippen molar-refractivity contribution < 1.29 is 4.79 Å². The minimum atomic E-state index is -0.800. The first-order valence-corrected chi connectivity index (χ1v) is 8.40. The quantitative estimate of drug-likeness (QED) is 0.740. The highest BCUT2D eigenvalue weighted by Crippen LogP contribution is 2.33. The zero-order valence-electron chi connectivity index (χ0n) is 12.0. The molecule has 0 aromatic heterocycles. The molecule has 108 valence electrons. The van der Waals surface area contributed by atoms with Crippen LogP contribution in [0.2, 0.25) is 0 Å². The highest BCUT2D eigenvalue weighted by atomic mass is 31.1. The Balaban J connectivity index is 2.21. The number of hydrogen-bond donors (Lipinski definition) is 1. The van der Waals surface area contributed by atoms with Crippen LogP contribution in [-0.2, 0) is 0 Å². The van der Waals surface area contributed by atoms with Gasteiger partial charge in [0.15, 0.2) is 0 Å². The molecule has 2 N–H and O–H groups in total. The van der Waals surface area contributed by atoms with Crippen molar-refractivity contribution in [1.29, 1.82) is 0 Å². The predicted molar refractivity (Wildman–Crippen MR) is 93.7 cm³/mol. The summed E-state index contributed by atoms with van der Waals surface area (Å²) < 4.78 is 0. The highest BCUT2D eigenvalue weighted by Gasteiger charge is 2.20. The maximum atomic E-state index is 11.8. The van der Waals surface area contributed by atoms with Gasteiger partial charge in [0.1, 0.15) is 0 Å². The summed E-state index contributed by atoms with van der Waals surface area (Å²) in [4.78, 5) is 11.8. The van der Waals surface area contributed by atoms with Gasteiger partial charge in [-0.05, 0) is 29.9 Å². The van der Waals surface area contributed by atoms with Gasteiger partial charge < -0.3 is 5.73 Å². The van der Waals surface area contributed by atoms with Crippen molar-refractivity contribution in [3.05, 3.63) is 90.5 Å². The molecule has 22 heavy (non-hydrogen) atoms. The fourth-order valence-electron chi connectivity index (χ4n) is 2.46. The number of primary amides is 1. The third kappa shape index (κ3) is 2.93. The molecule has 0 aliphatic carbocycles. The van der Waals surface area contributed by atoms with Crippen molar-refractivity contribution in [3.63, 3.8) is 0 Å². The van der Waals surface area contributed by atoms with Gasteiger partial charge in [-0.1, -0.05) is 78.9 Å². The van der Waals surface area contributed by atoms with Crippen molar-refractivity contribution in [2.45, 2.75) is 0 Å². The Morgan fingerprint density at radius 1 is 0.682 bits per heavy atom. The van der Waals surface area contributed by atoms with Crippen molar-refractivity contribution in [1.82, 2.24) is 0 Å². The van der Waals surface area contributed by atoms with Gasteiger partial charge in [0.05, 0.1) is 0 Å². The lowest BCUT2D eigenvalue weighted by molar-refractivity contribution is 0.100. The summed E-state index contributed by atoms with van der Waals surface area (Å²) in [6.07, 6.45) is 0. The van der Waals surface area contributed by atoms with Crippen LogP contribution in [0.15, 0.2) is 84.9 Å². The van der Waals surface area contributed by atoms with E-state index >= 15 is 0 Å². The van der Waals surface area contributed by atoms with Gasteiger partial charge in [-0.15, -0.1) is 0 Å². The van der Waals surface area contributed by atoms with Crippen LogP contribution in [0, 0.1) is 0 Å². The number of benzene rings is 3. The summed E-state index contributed by atoms with van der Waals surface area (Å²) >= 11 is 0. The van der Waals surface area contributed by atoms with Crippen LogP contribution >= 0.6 is 7.92 Å². The van der Waals surface area contributed by atoms with Crippen molar-refractivity contribution in [3.8, 4) is 0 Å². The lowest BCUT2D eigenvalue weighted by atomic mass is 10.2. The van der Waals surface area contributed by atoms with E-state index in [1.807, 2.05) is 54.6 Å². The Hall–Kier alpha value is -2.44. The van der Waals surface area contributed by atoms with Gasteiger partial charge in [0, 0.05) is 5.56 Å². The normalized spacial score (nSPS) is 10.6. The summed E-state index contributed by atoms with van der Waals surface area (Å²) in [6.45, 7) is 0. The van der Waals surface area contributed by atoms with Gasteiger partial charge in [0.25, 0.3) is 0 Å². The van der Waals surface area contributed by atoms with Crippen LogP contribution in [0.1, 0.15) is 10.4 Å². The second kappa shape index (κ2) is 6.55. The smallest absolute Gasteiger partial charge is 0.249 e. The van der Waals surface area contributed by atoms with Crippen molar-refractivity contribution in [2.75, 3.05) is 0 Å². The molecule has 0 bridgehead atoms. The average molecular weight is 305 g/mol. The third-order valence-corrected chi connectivity index (χ3v) is 5.94. The number of hydrogen-bond acceptors (Lipinski definition) is 1. The molecule has 0 aliphatic rings. The molecule has 0 radical (unpaired) electrons. The molecule has 3 rings (SSSR count). The summed E-state index contributed by atoms with van der Waals surface area (Å²) in [5, 5.41) is 3.41. The van der Waals surface area contributed by atoms with Gasteiger partial charge in [0.2, 0.25) is 5.91 Å². The van der Waals surface area contributed by atoms with E-state index < -0.39 is 7.92 Å². The molecule has 2 nitrogen and oxygen atoms in total. The first-order chi connectivity index (χ1) is 10.8. The molecule has 3 aromatic rings. The minimum Gasteiger partial charge on any atom is -0.366 e. The molecule has 3 heteroatoms. The number of carbonyl (C=O) groups is 1. The third-order valence-electron chi connectivity index (χ3n) is 3.44. The molecule has 0 aliphatic heterocycles. The van der Waals surface area contributed by atoms with Crippen LogP contribution in [0.25, 0.3) is 0 Å². The number of amides is 1. The van der Waals surface area contributed by atoms with E-state index in [1.54, 1.807) is 6.07 Å². The van der Waals surface area contributed by atoms with Crippen LogP contribution in [-0.4, -0.2) is 5.91 Å². The predicted octanol–water partition coefficient (Wildman–Crippen LogP) is 2.54. The van der Waals surface area contributed by atoms with Gasteiger partial charge in [-0.25, -0.2) is 0 Å². The zero-order chi connectivity index (χ0) is 15.4. The summed E-state index contributed by atoms with van der Waals surface area (Å²) in [6, 6.07) is 28.2. The van der Waals surface area contributed by atoms with Crippen LogP contribution in [0.4, 0.5) is 0 Å². The summed E-state index contributed by atoms with van der Waals surface area (Å²) in [7, 11) is -0.800. The van der Waals surface area contributed by atoms with Crippen LogP contribution < -0.4 is 21.6 Å². The summed E-state index contributed by atoms with van der Waals surface area (Å²) in [5.74, 6) is -0.380. The zero-order valence-corrected chi connectivity index (χ0v) is 12.9. The average Bonchev–Trinajstić information content (AvgIpc) is 2.57. The van der Waals surface area contributed by atoms with E-state index in [4.69, 9.17) is 5.73 Å². The number of rotatable bonds is 4. The number of carbonyl (C=O) groups excluding carboxylic acids is 1. The molecular formula is C19H16NOP. The summed E-state index contributed by atoms with van der Waals surface area (Å²) in [5.41, 5.74) is 6.18. The fraction of sp³-hybridized carbons (Fsp3) is 0. The van der Waals surface area contributed by atoms with E-state index in [-0.39, 0.29) is 5.91 Å². The van der Waals surface area contributed by atoms with E-state index in [9.17, 15) is 4.79 Å². The van der Waals surface area contributed by atoms with Crippen molar-refractivity contribution in [2.24, 2.45) is 5.73 Å². The molecule has 0 unspecified atom stereocenters. The lowest BCUT2D eigenvalue weighted by Crippen LogP contribution is -2.27. The monoisotopic (exact) mass is 305 g/mol. The Kier molecular flexibility index (Phi) is 4.32. The second-order valence-corrected chi connectivity index (χ2v) is 7.07. The molecular weight excluding hydrogens is 289 g/mol. The van der Waals surface area contributed by atoms with Gasteiger partial charge in [-0.2, -0.15) is 0 Å². The van der Waals surface area contributed by atoms with E-state index in [0.717, 1.165) is 5.30 Å². The highest BCUT2D eigenvalue weighted by molar-refractivity contribution is 7.80. The molecule has 0 atom stereocenters. The largest absolute Gasteiger partial charge is 0.366 e. The Labute approximate surface area is 131 Å². The standard InChI is InChI=1S/C19H16NOP/c20-19(21)17-13-7-8-14-18(17)22(15-9-3-1-4-10-15)16-11-5-2-6-12-16/h1-14H,(H2,20,21). The number of nitrogens with two attached hydrogens (primary N) is 1. The molecule has 0 heterocycles. The molecule has 0 saturated carbocycles. The fourth-order valence-corrected chi connectivity index (χ4v) is 4.91. The van der Waals surface area contributed by atoms with Crippen LogP contribution in [0.5, 0.6) is 0 Å². The SMILES string of the molecule is NC(=O)c1ccccc1P(c1ccccc1)c1ccccc1. The second-order valence-electron chi connectivity index (χ2n) is 4.89. The maximum Gasteiger partial charge on any atom is 0.249 e. The molecule has 0 saturated heterocycles. The van der Waals surface area contributed by atoms with E-state index in [2.05, 4.69) is 24.3 Å². The lowest BCUT2D eigenvalue weighted by Gasteiger charge is -2.21. The van der Waals surface area contributed by atoms with Crippen molar-refractivity contribution >= 4 is 29.7 Å². The van der Waals surface area contributed by atoms with E-state index in [1.165, 1.54) is 10.6 Å². The first-order valence-electron chi connectivity index (χ1n) is 7.06. The Bertz CT molecular complexity index is 732. The molecule has 0 fully saturated rings. The minimum absolute atomic E-state index is 0.380.